The zero-order valence-electron chi connectivity index (χ0n) is 19.4. The number of rotatable bonds is 3. The molecule has 5 rings (SSSR count). The summed E-state index contributed by atoms with van der Waals surface area (Å²) in [4.78, 5) is 46.1. The summed E-state index contributed by atoms with van der Waals surface area (Å²) < 4.78 is 5.39. The fourth-order valence-electron chi connectivity index (χ4n) is 6.33. The SMILES string of the molecule is O=C(C1CCCN(C(=O)C2CC3CCCCC3N2C(=O)c2ccccc2)C1)N1CCOCC1. The Morgan fingerprint density at radius 3 is 2.36 bits per heavy atom. The number of carbonyl (C=O) groups excluding carboxylic acids is 3. The minimum Gasteiger partial charge on any atom is -0.378 e. The third-order valence-corrected chi connectivity index (χ3v) is 8.03. The fourth-order valence-corrected chi connectivity index (χ4v) is 6.33. The summed E-state index contributed by atoms with van der Waals surface area (Å²) in [5.74, 6) is 0.404. The number of nitrogens with zero attached hydrogens (tertiary/aromatic N) is 3. The van der Waals surface area contributed by atoms with Crippen molar-refractivity contribution in [1.82, 2.24) is 14.7 Å². The van der Waals surface area contributed by atoms with Gasteiger partial charge in [0.1, 0.15) is 6.04 Å². The predicted octanol–water partition coefficient (Wildman–Crippen LogP) is 2.56. The normalized spacial score (nSPS) is 30.1. The standard InChI is InChI=1S/C26H35N3O4/c30-24(27-13-15-33-16-14-27)21-10-6-12-28(18-21)26(32)23-17-20-9-4-5-11-22(20)29(23)25(31)19-7-2-1-3-8-19/h1-3,7-8,20-23H,4-6,9-18H2. The van der Waals surface area contributed by atoms with Gasteiger partial charge in [-0.05, 0) is 50.2 Å². The van der Waals surface area contributed by atoms with Crippen molar-refractivity contribution in [3.63, 3.8) is 0 Å². The van der Waals surface area contributed by atoms with Gasteiger partial charge in [-0.1, -0.05) is 31.0 Å². The van der Waals surface area contributed by atoms with Crippen molar-refractivity contribution in [2.24, 2.45) is 11.8 Å². The Bertz CT molecular complexity index is 870. The summed E-state index contributed by atoms with van der Waals surface area (Å²) in [5.41, 5.74) is 0.653. The van der Waals surface area contributed by atoms with Crippen LogP contribution in [0.2, 0.25) is 0 Å². The Labute approximate surface area is 196 Å². The molecular formula is C26H35N3O4. The van der Waals surface area contributed by atoms with Crippen LogP contribution in [0.25, 0.3) is 0 Å². The van der Waals surface area contributed by atoms with E-state index in [4.69, 9.17) is 4.74 Å². The molecule has 0 aromatic heterocycles. The highest BCUT2D eigenvalue weighted by Crippen LogP contribution is 2.41. The molecule has 1 aromatic carbocycles. The van der Waals surface area contributed by atoms with Gasteiger partial charge in [-0.3, -0.25) is 14.4 Å². The first kappa shape index (κ1) is 22.4. The van der Waals surface area contributed by atoms with Crippen molar-refractivity contribution in [3.8, 4) is 0 Å². The van der Waals surface area contributed by atoms with Gasteiger partial charge in [0.15, 0.2) is 0 Å². The summed E-state index contributed by atoms with van der Waals surface area (Å²) in [6, 6.07) is 9.09. The van der Waals surface area contributed by atoms with Crippen molar-refractivity contribution in [2.75, 3.05) is 39.4 Å². The number of benzene rings is 1. The van der Waals surface area contributed by atoms with Crippen molar-refractivity contribution in [1.29, 1.82) is 0 Å². The molecule has 1 aliphatic carbocycles. The van der Waals surface area contributed by atoms with Gasteiger partial charge in [-0.25, -0.2) is 0 Å². The number of morpholine rings is 1. The molecule has 3 saturated heterocycles. The molecule has 4 atom stereocenters. The first-order chi connectivity index (χ1) is 16.1. The molecule has 178 valence electrons. The van der Waals surface area contributed by atoms with Crippen LogP contribution in [-0.2, 0) is 14.3 Å². The van der Waals surface area contributed by atoms with Crippen LogP contribution in [0, 0.1) is 11.8 Å². The van der Waals surface area contributed by atoms with E-state index in [2.05, 4.69) is 0 Å². The van der Waals surface area contributed by atoms with E-state index in [9.17, 15) is 14.4 Å². The first-order valence-electron chi connectivity index (χ1n) is 12.7. The zero-order valence-corrected chi connectivity index (χ0v) is 19.4. The molecule has 1 aromatic rings. The number of hydrogen-bond donors (Lipinski definition) is 0. The Balaban J connectivity index is 1.33. The highest BCUT2D eigenvalue weighted by molar-refractivity contribution is 5.98. The summed E-state index contributed by atoms with van der Waals surface area (Å²) >= 11 is 0. The van der Waals surface area contributed by atoms with E-state index >= 15 is 0 Å². The lowest BCUT2D eigenvalue weighted by atomic mass is 9.84. The maximum Gasteiger partial charge on any atom is 0.254 e. The van der Waals surface area contributed by atoms with Gasteiger partial charge in [-0.15, -0.1) is 0 Å². The number of ether oxygens (including phenoxy) is 1. The third-order valence-electron chi connectivity index (χ3n) is 8.03. The lowest BCUT2D eigenvalue weighted by molar-refractivity contribution is -0.145. The molecule has 4 aliphatic rings. The molecular weight excluding hydrogens is 418 g/mol. The minimum atomic E-state index is -0.414. The lowest BCUT2D eigenvalue weighted by Crippen LogP contribution is -2.54. The fraction of sp³-hybridized carbons (Fsp3) is 0.654. The molecule has 4 fully saturated rings. The molecule has 7 nitrogen and oxygen atoms in total. The van der Waals surface area contributed by atoms with E-state index in [1.165, 1.54) is 6.42 Å². The van der Waals surface area contributed by atoms with E-state index < -0.39 is 6.04 Å². The molecule has 1 saturated carbocycles. The average Bonchev–Trinajstić information content (AvgIpc) is 3.28. The number of carbonyl (C=O) groups is 3. The number of fused-ring (bicyclic) bond motifs is 1. The largest absolute Gasteiger partial charge is 0.378 e. The number of amides is 3. The van der Waals surface area contributed by atoms with Crippen LogP contribution in [0.5, 0.6) is 0 Å². The Hall–Kier alpha value is -2.41. The topological polar surface area (TPSA) is 70.2 Å². The molecule has 33 heavy (non-hydrogen) atoms. The predicted molar refractivity (Wildman–Crippen MR) is 123 cm³/mol. The van der Waals surface area contributed by atoms with Crippen molar-refractivity contribution in [2.45, 2.75) is 57.0 Å². The second kappa shape index (κ2) is 9.84. The Morgan fingerprint density at radius 2 is 1.58 bits per heavy atom. The highest BCUT2D eigenvalue weighted by Gasteiger charge is 2.49. The van der Waals surface area contributed by atoms with E-state index in [0.717, 1.165) is 38.5 Å². The first-order valence-corrected chi connectivity index (χ1v) is 12.7. The van der Waals surface area contributed by atoms with Gasteiger partial charge in [0.2, 0.25) is 11.8 Å². The van der Waals surface area contributed by atoms with E-state index in [1.54, 1.807) is 0 Å². The maximum absolute atomic E-state index is 13.8. The van der Waals surface area contributed by atoms with Crippen LogP contribution < -0.4 is 0 Å². The van der Waals surface area contributed by atoms with Crippen LogP contribution in [0.1, 0.15) is 55.3 Å². The second-order valence-electron chi connectivity index (χ2n) is 10.0. The lowest BCUT2D eigenvalue weighted by Gasteiger charge is -2.39. The van der Waals surface area contributed by atoms with E-state index in [1.807, 2.05) is 45.0 Å². The zero-order chi connectivity index (χ0) is 22.8. The molecule has 3 aliphatic heterocycles. The second-order valence-corrected chi connectivity index (χ2v) is 10.0. The summed E-state index contributed by atoms with van der Waals surface area (Å²) in [6.45, 7) is 3.58. The third kappa shape index (κ3) is 4.52. The smallest absolute Gasteiger partial charge is 0.254 e. The summed E-state index contributed by atoms with van der Waals surface area (Å²) in [6.07, 6.45) is 6.76. The number of piperidine rings is 1. The number of likely N-dealkylation sites (tertiary alicyclic amines) is 2. The quantitative estimate of drug-likeness (QED) is 0.705. The molecule has 3 amide bonds. The molecule has 0 N–H and O–H groups in total. The molecule has 0 spiro atoms. The Morgan fingerprint density at radius 1 is 0.818 bits per heavy atom. The van der Waals surface area contributed by atoms with Gasteiger partial charge in [0.25, 0.3) is 5.91 Å². The minimum absolute atomic E-state index is 0.0266. The van der Waals surface area contributed by atoms with Crippen LogP contribution >= 0.6 is 0 Å². The van der Waals surface area contributed by atoms with Gasteiger partial charge in [-0.2, -0.15) is 0 Å². The average molecular weight is 454 g/mol. The Kier molecular flexibility index (Phi) is 6.67. The van der Waals surface area contributed by atoms with Gasteiger partial charge < -0.3 is 19.4 Å². The van der Waals surface area contributed by atoms with Crippen LogP contribution in [-0.4, -0.2) is 83.9 Å². The molecule has 7 heteroatoms. The monoisotopic (exact) mass is 453 g/mol. The molecule has 3 heterocycles. The molecule has 0 radical (unpaired) electrons. The molecule has 0 bridgehead atoms. The maximum atomic E-state index is 13.8. The summed E-state index contributed by atoms with van der Waals surface area (Å²) in [7, 11) is 0. The van der Waals surface area contributed by atoms with Gasteiger partial charge in [0.05, 0.1) is 19.1 Å². The van der Waals surface area contributed by atoms with Gasteiger partial charge in [0, 0.05) is 37.8 Å². The molecule has 4 unspecified atom stereocenters. The highest BCUT2D eigenvalue weighted by atomic mass is 16.5. The van der Waals surface area contributed by atoms with E-state index in [0.29, 0.717) is 50.9 Å². The van der Waals surface area contributed by atoms with Crippen LogP contribution in [0.15, 0.2) is 30.3 Å². The summed E-state index contributed by atoms with van der Waals surface area (Å²) in [5, 5.41) is 0. The van der Waals surface area contributed by atoms with Gasteiger partial charge >= 0.3 is 0 Å². The van der Waals surface area contributed by atoms with Crippen LogP contribution in [0.3, 0.4) is 0 Å². The van der Waals surface area contributed by atoms with Crippen molar-refractivity contribution >= 4 is 17.7 Å². The van der Waals surface area contributed by atoms with Crippen molar-refractivity contribution in [3.05, 3.63) is 35.9 Å². The van der Waals surface area contributed by atoms with Crippen molar-refractivity contribution < 1.29 is 19.1 Å². The number of hydrogen-bond acceptors (Lipinski definition) is 4. The van der Waals surface area contributed by atoms with Crippen LogP contribution in [0.4, 0.5) is 0 Å². The van der Waals surface area contributed by atoms with E-state index in [-0.39, 0.29) is 29.7 Å².